The Bertz CT molecular complexity index is 668. The Balaban J connectivity index is 1.79. The molecule has 1 unspecified atom stereocenters. The Morgan fingerprint density at radius 3 is 3.05 bits per heavy atom. The maximum Gasteiger partial charge on any atom is 0.311 e. The van der Waals surface area contributed by atoms with Gasteiger partial charge in [-0.05, 0) is 37.0 Å². The van der Waals surface area contributed by atoms with Crippen molar-refractivity contribution in [1.82, 2.24) is 15.1 Å². The number of amides is 1. The van der Waals surface area contributed by atoms with Gasteiger partial charge < -0.3 is 14.1 Å². The fourth-order valence-corrected chi connectivity index (χ4v) is 2.69. The number of carbonyl (C=O) groups excluding carboxylic acids is 1. The normalized spacial score (nSPS) is 18.3. The third-order valence-electron chi connectivity index (χ3n) is 3.87. The van der Waals surface area contributed by atoms with Crippen LogP contribution in [0.5, 0.6) is 5.75 Å². The Morgan fingerprint density at radius 2 is 2.27 bits per heavy atom. The molecule has 1 aliphatic heterocycles. The molecule has 1 fully saturated rings. The van der Waals surface area contributed by atoms with E-state index in [-0.39, 0.29) is 11.8 Å². The van der Waals surface area contributed by atoms with Crippen LogP contribution in [-0.2, 0) is 0 Å². The van der Waals surface area contributed by atoms with Gasteiger partial charge >= 0.3 is 11.8 Å². The lowest BCUT2D eigenvalue weighted by molar-refractivity contribution is 0.0643. The molecule has 0 spiro atoms. The van der Waals surface area contributed by atoms with Crippen molar-refractivity contribution in [2.75, 3.05) is 20.2 Å². The van der Waals surface area contributed by atoms with Crippen LogP contribution in [0.4, 0.5) is 0 Å². The van der Waals surface area contributed by atoms with Gasteiger partial charge in [0.15, 0.2) is 0 Å². The van der Waals surface area contributed by atoms with Crippen LogP contribution in [0.2, 0.25) is 0 Å². The van der Waals surface area contributed by atoms with E-state index in [1.807, 2.05) is 18.2 Å². The molecule has 22 heavy (non-hydrogen) atoms. The van der Waals surface area contributed by atoms with Crippen LogP contribution >= 0.6 is 0 Å². The van der Waals surface area contributed by atoms with Crippen LogP contribution < -0.4 is 4.74 Å². The number of aromatic nitrogens is 2. The van der Waals surface area contributed by atoms with Crippen molar-refractivity contribution in [3.63, 3.8) is 0 Å². The molecule has 0 N–H and O–H groups in total. The largest absolute Gasteiger partial charge is 0.497 e. The predicted molar refractivity (Wildman–Crippen MR) is 80.6 cm³/mol. The van der Waals surface area contributed by atoms with E-state index < -0.39 is 0 Å². The van der Waals surface area contributed by atoms with Gasteiger partial charge in [0.05, 0.1) is 7.11 Å². The average Bonchev–Trinajstić information content (AvgIpc) is 3.04. The molecule has 1 saturated heterocycles. The van der Waals surface area contributed by atoms with Crippen LogP contribution in [0, 0.1) is 5.92 Å². The van der Waals surface area contributed by atoms with Crippen molar-refractivity contribution in [3.05, 3.63) is 30.2 Å². The summed E-state index contributed by atoms with van der Waals surface area (Å²) in [7, 11) is 1.60. The molecule has 0 radical (unpaired) electrons. The van der Waals surface area contributed by atoms with Crippen LogP contribution in [0.3, 0.4) is 0 Å². The summed E-state index contributed by atoms with van der Waals surface area (Å²) >= 11 is 0. The fourth-order valence-electron chi connectivity index (χ4n) is 2.69. The third kappa shape index (κ3) is 2.95. The second-order valence-corrected chi connectivity index (χ2v) is 5.64. The first kappa shape index (κ1) is 14.6. The molecule has 6 nitrogen and oxygen atoms in total. The molecule has 0 aliphatic carbocycles. The van der Waals surface area contributed by atoms with E-state index in [1.165, 1.54) is 0 Å². The van der Waals surface area contributed by atoms with Crippen molar-refractivity contribution in [2.45, 2.75) is 19.8 Å². The van der Waals surface area contributed by atoms with E-state index in [4.69, 9.17) is 9.15 Å². The minimum Gasteiger partial charge on any atom is -0.497 e. The summed E-state index contributed by atoms with van der Waals surface area (Å²) in [6.45, 7) is 3.64. The number of methoxy groups -OCH3 is 1. The quantitative estimate of drug-likeness (QED) is 0.871. The van der Waals surface area contributed by atoms with E-state index >= 15 is 0 Å². The predicted octanol–water partition coefficient (Wildman–Crippen LogP) is 2.62. The summed E-state index contributed by atoms with van der Waals surface area (Å²) in [6, 6.07) is 7.31. The first-order chi connectivity index (χ1) is 10.7. The van der Waals surface area contributed by atoms with Gasteiger partial charge in [0.1, 0.15) is 5.75 Å². The van der Waals surface area contributed by atoms with Crippen molar-refractivity contribution in [3.8, 4) is 17.2 Å². The maximum absolute atomic E-state index is 12.4. The second-order valence-electron chi connectivity index (χ2n) is 5.64. The Kier molecular flexibility index (Phi) is 4.09. The SMILES string of the molecule is COc1cccc(-c2nnc(C(=O)N3CCCC(C)C3)o2)c1. The van der Waals surface area contributed by atoms with Gasteiger partial charge in [0, 0.05) is 18.7 Å². The van der Waals surface area contributed by atoms with Gasteiger partial charge in [-0.2, -0.15) is 0 Å². The summed E-state index contributed by atoms with van der Waals surface area (Å²) < 4.78 is 10.7. The highest BCUT2D eigenvalue weighted by molar-refractivity contribution is 5.89. The zero-order valence-corrected chi connectivity index (χ0v) is 12.8. The number of likely N-dealkylation sites (tertiary alicyclic amines) is 1. The maximum atomic E-state index is 12.4. The van der Waals surface area contributed by atoms with E-state index in [9.17, 15) is 4.79 Å². The monoisotopic (exact) mass is 301 g/mol. The van der Waals surface area contributed by atoms with Crippen LogP contribution in [0.25, 0.3) is 11.5 Å². The number of rotatable bonds is 3. The number of nitrogens with zero attached hydrogens (tertiary/aromatic N) is 3. The van der Waals surface area contributed by atoms with Gasteiger partial charge in [-0.1, -0.05) is 13.0 Å². The lowest BCUT2D eigenvalue weighted by Crippen LogP contribution is -2.39. The summed E-state index contributed by atoms with van der Waals surface area (Å²) in [6.07, 6.45) is 2.17. The van der Waals surface area contributed by atoms with Crippen molar-refractivity contribution in [1.29, 1.82) is 0 Å². The van der Waals surface area contributed by atoms with Gasteiger partial charge in [0.25, 0.3) is 0 Å². The molecule has 0 saturated carbocycles. The van der Waals surface area contributed by atoms with E-state index in [2.05, 4.69) is 17.1 Å². The minimum atomic E-state index is -0.187. The molecule has 1 aromatic carbocycles. The van der Waals surface area contributed by atoms with E-state index in [0.29, 0.717) is 17.6 Å². The zero-order valence-electron chi connectivity index (χ0n) is 12.8. The molecule has 6 heteroatoms. The molecular formula is C16H19N3O3. The first-order valence-corrected chi connectivity index (χ1v) is 7.44. The fraction of sp³-hybridized carbons (Fsp3) is 0.438. The minimum absolute atomic E-state index is 0.0481. The third-order valence-corrected chi connectivity index (χ3v) is 3.87. The number of hydrogen-bond donors (Lipinski definition) is 0. The molecule has 1 atom stereocenters. The molecular weight excluding hydrogens is 282 g/mol. The van der Waals surface area contributed by atoms with Crippen molar-refractivity contribution < 1.29 is 13.9 Å². The summed E-state index contributed by atoms with van der Waals surface area (Å²) in [5.74, 6) is 1.40. The lowest BCUT2D eigenvalue weighted by Gasteiger charge is -2.29. The number of hydrogen-bond acceptors (Lipinski definition) is 5. The van der Waals surface area contributed by atoms with Gasteiger partial charge in [-0.15, -0.1) is 10.2 Å². The standard InChI is InChI=1S/C16H19N3O3/c1-11-5-4-8-19(10-11)16(20)15-18-17-14(22-15)12-6-3-7-13(9-12)21-2/h3,6-7,9,11H,4-5,8,10H2,1-2H3. The smallest absolute Gasteiger partial charge is 0.311 e. The average molecular weight is 301 g/mol. The van der Waals surface area contributed by atoms with E-state index in [1.54, 1.807) is 18.1 Å². The highest BCUT2D eigenvalue weighted by Gasteiger charge is 2.26. The number of carbonyl (C=O) groups is 1. The van der Waals surface area contributed by atoms with Gasteiger partial charge in [-0.3, -0.25) is 4.79 Å². The molecule has 1 aromatic heterocycles. The molecule has 3 rings (SSSR count). The highest BCUT2D eigenvalue weighted by atomic mass is 16.5. The molecule has 2 heterocycles. The highest BCUT2D eigenvalue weighted by Crippen LogP contribution is 2.23. The summed E-state index contributed by atoms with van der Waals surface area (Å²) in [5, 5.41) is 7.88. The topological polar surface area (TPSA) is 68.5 Å². The Hall–Kier alpha value is -2.37. The summed E-state index contributed by atoms with van der Waals surface area (Å²) in [5.41, 5.74) is 0.734. The molecule has 2 aromatic rings. The van der Waals surface area contributed by atoms with Crippen molar-refractivity contribution in [2.24, 2.45) is 5.92 Å². The molecule has 116 valence electrons. The molecule has 1 amide bonds. The molecule has 1 aliphatic rings. The van der Waals surface area contributed by atoms with Crippen LogP contribution in [-0.4, -0.2) is 41.2 Å². The lowest BCUT2D eigenvalue weighted by atomic mass is 10.0. The summed E-state index contributed by atoms with van der Waals surface area (Å²) in [4.78, 5) is 14.2. The van der Waals surface area contributed by atoms with E-state index in [0.717, 1.165) is 31.5 Å². The van der Waals surface area contributed by atoms with Crippen molar-refractivity contribution >= 4 is 5.91 Å². The number of piperidine rings is 1. The Labute approximate surface area is 129 Å². The second kappa shape index (κ2) is 6.17. The van der Waals surface area contributed by atoms with Gasteiger partial charge in [-0.25, -0.2) is 0 Å². The first-order valence-electron chi connectivity index (χ1n) is 7.44. The van der Waals surface area contributed by atoms with Crippen LogP contribution in [0.15, 0.2) is 28.7 Å². The zero-order chi connectivity index (χ0) is 15.5. The van der Waals surface area contributed by atoms with Gasteiger partial charge in [0.2, 0.25) is 5.89 Å². The number of benzene rings is 1. The number of ether oxygens (including phenoxy) is 1. The molecule has 0 bridgehead atoms. The van der Waals surface area contributed by atoms with Crippen LogP contribution in [0.1, 0.15) is 30.5 Å². The Morgan fingerprint density at radius 1 is 1.41 bits per heavy atom.